The molecule has 302 valence electrons. The molecule has 1 aromatic carbocycles. The van der Waals surface area contributed by atoms with Crippen LogP contribution in [0, 0.1) is 17.8 Å². The SMILES string of the molecule is C=C[C@H]1C[C@@]1(NC(=O)[C@@H]1C[C@@H]2CN1C(=O)[C@H](C1CCCC1)NC(=O)O[C@H]1CCC[C@@H]1CCCCCc1nc3ccc(Cl)cc3cc1O2)C(=O)NS(=O)(=O)C1CC1. The summed E-state index contributed by atoms with van der Waals surface area (Å²) in [6.07, 6.45) is 11.7. The van der Waals surface area contributed by atoms with Crippen molar-refractivity contribution < 1.29 is 37.1 Å². The van der Waals surface area contributed by atoms with Crippen LogP contribution in [0.5, 0.6) is 5.75 Å². The lowest BCUT2D eigenvalue weighted by Gasteiger charge is -2.32. The minimum absolute atomic E-state index is 0.0364. The Bertz CT molecular complexity index is 2000. The van der Waals surface area contributed by atoms with E-state index in [0.29, 0.717) is 30.0 Å². The summed E-state index contributed by atoms with van der Waals surface area (Å²) in [7, 11) is -3.89. The molecule has 3 heterocycles. The molecule has 6 aliphatic rings. The first-order chi connectivity index (χ1) is 26.9. The van der Waals surface area contributed by atoms with Crippen molar-refractivity contribution in [2.75, 3.05) is 6.54 Å². The molecule has 4 aliphatic carbocycles. The average Bonchev–Trinajstić information content (AvgIpc) is 3.96. The number of alkyl carbamates (subject to hydrolysis) is 1. The van der Waals surface area contributed by atoms with Gasteiger partial charge in [-0.3, -0.25) is 19.1 Å². The molecule has 13 nitrogen and oxygen atoms in total. The quantitative estimate of drug-likeness (QED) is 0.307. The molecular weight excluding hydrogens is 758 g/mol. The molecule has 3 N–H and O–H groups in total. The van der Waals surface area contributed by atoms with Gasteiger partial charge >= 0.3 is 6.09 Å². The molecule has 8 rings (SSSR count). The number of sulfonamides is 1. The molecule has 0 unspecified atom stereocenters. The van der Waals surface area contributed by atoms with Gasteiger partial charge in [-0.15, -0.1) is 6.58 Å². The number of aromatic nitrogens is 1. The zero-order valence-corrected chi connectivity index (χ0v) is 33.3. The van der Waals surface area contributed by atoms with E-state index in [4.69, 9.17) is 26.1 Å². The summed E-state index contributed by atoms with van der Waals surface area (Å²) in [6.45, 7) is 3.85. The third-order valence-electron chi connectivity index (χ3n) is 13.0. The number of carbonyl (C=O) groups is 4. The van der Waals surface area contributed by atoms with Crippen LogP contribution >= 0.6 is 11.6 Å². The van der Waals surface area contributed by atoms with Crippen LogP contribution in [-0.4, -0.2) is 83.7 Å². The zero-order valence-electron chi connectivity index (χ0n) is 31.7. The van der Waals surface area contributed by atoms with Crippen LogP contribution < -0.4 is 20.1 Å². The van der Waals surface area contributed by atoms with Gasteiger partial charge in [-0.25, -0.2) is 18.2 Å². The van der Waals surface area contributed by atoms with Crippen LogP contribution in [0.4, 0.5) is 4.79 Å². The van der Waals surface area contributed by atoms with Gasteiger partial charge in [-0.1, -0.05) is 43.4 Å². The number of hydrogen-bond donors (Lipinski definition) is 3. The first-order valence-corrected chi connectivity index (χ1v) is 22.4. The molecule has 2 bridgehead atoms. The molecule has 0 spiro atoms. The Kier molecular flexibility index (Phi) is 11.0. The summed E-state index contributed by atoms with van der Waals surface area (Å²) < 4.78 is 40.5. The summed E-state index contributed by atoms with van der Waals surface area (Å²) in [5.41, 5.74) is 0.0401. The van der Waals surface area contributed by atoms with E-state index in [1.165, 1.54) is 11.0 Å². The van der Waals surface area contributed by atoms with Crippen LogP contribution in [0.3, 0.4) is 0 Å². The highest BCUT2D eigenvalue weighted by Gasteiger charge is 2.62. The minimum atomic E-state index is -3.89. The summed E-state index contributed by atoms with van der Waals surface area (Å²) in [5, 5.41) is 6.55. The lowest BCUT2D eigenvalue weighted by atomic mass is 9.96. The second-order valence-corrected chi connectivity index (χ2v) is 19.2. The Morgan fingerprint density at radius 2 is 1.71 bits per heavy atom. The van der Waals surface area contributed by atoms with Gasteiger partial charge in [0.25, 0.3) is 5.91 Å². The van der Waals surface area contributed by atoms with Crippen molar-refractivity contribution in [2.45, 2.75) is 138 Å². The van der Waals surface area contributed by atoms with Crippen molar-refractivity contribution in [3.63, 3.8) is 0 Å². The molecule has 1 saturated heterocycles. The number of rotatable bonds is 7. The Labute approximate surface area is 333 Å². The molecular formula is C41H52ClN5O8S. The molecule has 5 fully saturated rings. The maximum atomic E-state index is 14.9. The highest BCUT2D eigenvalue weighted by atomic mass is 35.5. The van der Waals surface area contributed by atoms with Gasteiger partial charge in [0.2, 0.25) is 21.8 Å². The Hall–Kier alpha value is -3.91. The van der Waals surface area contributed by atoms with E-state index in [0.717, 1.165) is 87.2 Å². The van der Waals surface area contributed by atoms with Crippen molar-refractivity contribution in [1.82, 2.24) is 25.2 Å². The Balaban J connectivity index is 1.12. The molecule has 56 heavy (non-hydrogen) atoms. The molecule has 7 atom stereocenters. The van der Waals surface area contributed by atoms with Crippen molar-refractivity contribution in [3.05, 3.63) is 47.6 Å². The number of halogens is 1. The zero-order chi connectivity index (χ0) is 39.2. The van der Waals surface area contributed by atoms with E-state index in [2.05, 4.69) is 21.9 Å². The third-order valence-corrected chi connectivity index (χ3v) is 15.0. The van der Waals surface area contributed by atoms with Crippen LogP contribution in [0.25, 0.3) is 10.9 Å². The van der Waals surface area contributed by atoms with Gasteiger partial charge in [0.05, 0.1) is 23.0 Å². The van der Waals surface area contributed by atoms with E-state index in [1.54, 1.807) is 6.07 Å². The molecule has 1 aromatic heterocycles. The fraction of sp³-hybridized carbons (Fsp3) is 0.634. The molecule has 2 aromatic rings. The first kappa shape index (κ1) is 38.9. The largest absolute Gasteiger partial charge is 0.487 e. The molecule has 0 radical (unpaired) electrons. The topological polar surface area (TPSA) is 173 Å². The summed E-state index contributed by atoms with van der Waals surface area (Å²) in [4.78, 5) is 63.0. The lowest BCUT2D eigenvalue weighted by molar-refractivity contribution is -0.142. The number of benzene rings is 1. The summed E-state index contributed by atoms with van der Waals surface area (Å²) in [5.74, 6) is -1.68. The van der Waals surface area contributed by atoms with Gasteiger partial charge < -0.3 is 25.0 Å². The number of nitrogens with one attached hydrogen (secondary N) is 3. The second-order valence-electron chi connectivity index (χ2n) is 16.8. The van der Waals surface area contributed by atoms with Gasteiger partial charge in [0.1, 0.15) is 35.6 Å². The van der Waals surface area contributed by atoms with Crippen LogP contribution in [0.2, 0.25) is 5.02 Å². The molecule has 2 aliphatic heterocycles. The van der Waals surface area contributed by atoms with Crippen molar-refractivity contribution >= 4 is 56.3 Å². The van der Waals surface area contributed by atoms with E-state index >= 15 is 0 Å². The van der Waals surface area contributed by atoms with Crippen LogP contribution in [0.15, 0.2) is 36.9 Å². The van der Waals surface area contributed by atoms with E-state index in [-0.39, 0.29) is 37.3 Å². The van der Waals surface area contributed by atoms with E-state index in [1.807, 2.05) is 18.2 Å². The number of aryl methyl sites for hydroxylation is 1. The smallest absolute Gasteiger partial charge is 0.408 e. The van der Waals surface area contributed by atoms with Crippen molar-refractivity contribution in [1.29, 1.82) is 0 Å². The second kappa shape index (κ2) is 15.8. The number of carbonyl (C=O) groups excluding carboxylic acids is 4. The maximum absolute atomic E-state index is 14.9. The number of ether oxygens (including phenoxy) is 2. The minimum Gasteiger partial charge on any atom is -0.487 e. The fourth-order valence-electron chi connectivity index (χ4n) is 9.54. The van der Waals surface area contributed by atoms with Crippen molar-refractivity contribution in [3.8, 4) is 5.75 Å². The van der Waals surface area contributed by atoms with Gasteiger partial charge in [0.15, 0.2) is 0 Å². The Morgan fingerprint density at radius 3 is 2.46 bits per heavy atom. The molecule has 4 saturated carbocycles. The lowest BCUT2D eigenvalue weighted by Crippen LogP contribution is -2.59. The first-order valence-electron chi connectivity index (χ1n) is 20.5. The van der Waals surface area contributed by atoms with E-state index in [9.17, 15) is 27.6 Å². The Morgan fingerprint density at radius 1 is 0.964 bits per heavy atom. The normalized spacial score (nSPS) is 31.6. The highest BCUT2D eigenvalue weighted by Crippen LogP contribution is 2.46. The molecule has 4 amide bonds. The molecule has 15 heteroatoms. The fourth-order valence-corrected chi connectivity index (χ4v) is 11.1. The number of hydrogen-bond acceptors (Lipinski definition) is 9. The number of amides is 4. The van der Waals surface area contributed by atoms with Crippen LogP contribution in [0.1, 0.15) is 102 Å². The standard InChI is InChI=1S/C41H52ClN5O8S/c1-2-27-22-41(27,39(50)46-56(52,53)30-16-17-30)45-37(48)33-21-29-23-47(33)38(49)36(25-10-6-7-11-25)44-40(51)55-34-14-8-12-24(34)9-4-3-5-13-32-35(54-29)20-26-19-28(42)15-18-31(26)43-32/h2,15,18-20,24-25,27,29-30,33-34,36H,1,3-14,16-17,21-23H2,(H,44,51)(H,45,48)(H,46,50)/t24-,27-,29+,33-,34-,36-,41-/m0/s1. The average molecular weight is 810 g/mol. The number of nitrogens with zero attached hydrogens (tertiary/aromatic N) is 2. The number of pyridine rings is 1. The van der Waals surface area contributed by atoms with Gasteiger partial charge in [-0.05, 0) is 107 Å². The van der Waals surface area contributed by atoms with Crippen LogP contribution in [-0.2, 0) is 35.6 Å². The maximum Gasteiger partial charge on any atom is 0.408 e. The van der Waals surface area contributed by atoms with Gasteiger partial charge in [-0.2, -0.15) is 0 Å². The highest BCUT2D eigenvalue weighted by molar-refractivity contribution is 7.91. The van der Waals surface area contributed by atoms with E-state index < -0.39 is 68.7 Å². The monoisotopic (exact) mass is 809 g/mol. The van der Waals surface area contributed by atoms with Crippen molar-refractivity contribution in [2.24, 2.45) is 17.8 Å². The summed E-state index contributed by atoms with van der Waals surface area (Å²) in [6, 6.07) is 5.42. The number of fused-ring (bicyclic) bond motifs is 5. The predicted octanol–water partition coefficient (Wildman–Crippen LogP) is 5.48. The predicted molar refractivity (Wildman–Crippen MR) is 209 cm³/mol. The summed E-state index contributed by atoms with van der Waals surface area (Å²) >= 11 is 6.37. The van der Waals surface area contributed by atoms with Gasteiger partial charge in [0, 0.05) is 22.7 Å². The third kappa shape index (κ3) is 8.10.